The molecular formula is C72H78ClFN10O16PS+. The number of carboxylic acid groups (broad SMARTS) is 1. The lowest BCUT2D eigenvalue weighted by Gasteiger charge is -2.41. The van der Waals surface area contributed by atoms with Gasteiger partial charge in [0.2, 0.25) is 29.7 Å². The summed E-state index contributed by atoms with van der Waals surface area (Å²) >= 11 is 8.50. The van der Waals surface area contributed by atoms with Crippen LogP contribution in [0.3, 0.4) is 0 Å². The molecular weight excluding hydrogens is 1380 g/mol. The van der Waals surface area contributed by atoms with Gasteiger partial charge in [0, 0.05) is 67.0 Å². The summed E-state index contributed by atoms with van der Waals surface area (Å²) in [5.74, 6) is -2.54. The number of imide groups is 1. The summed E-state index contributed by atoms with van der Waals surface area (Å²) in [4.78, 5) is 109. The number of para-hydroxylation sites is 2. The Hall–Kier alpha value is -9.61. The number of phosphoric acid groups is 1. The third-order valence-corrected chi connectivity index (χ3v) is 19.6. The molecule has 0 bridgehead atoms. The zero-order valence-electron chi connectivity index (χ0n) is 56.8. The lowest BCUT2D eigenvalue weighted by molar-refractivity contribution is -0.928. The van der Waals surface area contributed by atoms with Gasteiger partial charge < -0.3 is 54.1 Å². The number of halogens is 2. The number of quaternary nitrogens is 1. The largest absolute Gasteiger partial charge is 0.496 e. The molecule has 4 atom stereocenters. The van der Waals surface area contributed by atoms with Gasteiger partial charge >= 0.3 is 13.8 Å². The number of benzene rings is 5. The molecule has 0 saturated carbocycles. The summed E-state index contributed by atoms with van der Waals surface area (Å²) < 4.78 is 68.8. The quantitative estimate of drug-likeness (QED) is 0.0108. The fourth-order valence-electron chi connectivity index (χ4n) is 11.2. The molecule has 1 saturated heterocycles. The van der Waals surface area contributed by atoms with Crippen molar-refractivity contribution in [3.05, 3.63) is 173 Å². The maximum Gasteiger partial charge on any atom is 0.476 e. The first-order chi connectivity index (χ1) is 48.9. The molecule has 102 heavy (non-hydrogen) atoms. The Morgan fingerprint density at radius 1 is 0.784 bits per heavy atom. The number of fused-ring (bicyclic) bond motifs is 1. The molecule has 1 fully saturated rings. The summed E-state index contributed by atoms with van der Waals surface area (Å²) in [5.41, 5.74) is 5.28. The number of hydrogen-bond acceptors (Lipinski definition) is 20. The number of likely N-dealkylation sites (N-methyl/N-ethyl adjacent to an activating group) is 1. The van der Waals surface area contributed by atoms with Gasteiger partial charge in [-0.05, 0) is 102 Å². The average molecular weight is 1460 g/mol. The minimum absolute atomic E-state index is 0.00676. The Morgan fingerprint density at radius 3 is 2.22 bits per heavy atom. The van der Waals surface area contributed by atoms with E-state index in [1.54, 1.807) is 100.0 Å². The Bertz CT molecular complexity index is 4410. The molecule has 10 rings (SSSR count). The van der Waals surface area contributed by atoms with Gasteiger partial charge in [-0.2, -0.15) is 0 Å². The van der Waals surface area contributed by atoms with Gasteiger partial charge in [0.05, 0.1) is 75.3 Å². The van der Waals surface area contributed by atoms with Crippen molar-refractivity contribution in [2.45, 2.75) is 71.9 Å². The van der Waals surface area contributed by atoms with E-state index in [1.807, 2.05) is 44.3 Å². The number of rotatable bonds is 34. The lowest BCUT2D eigenvalue weighted by Crippen LogP contribution is -2.58. The van der Waals surface area contributed by atoms with E-state index in [9.17, 15) is 47.7 Å². The molecule has 0 aliphatic carbocycles. The molecule has 2 aliphatic rings. The van der Waals surface area contributed by atoms with Crippen molar-refractivity contribution in [2.75, 3.05) is 85.3 Å². The van der Waals surface area contributed by atoms with Crippen LogP contribution in [0.4, 0.5) is 10.1 Å². The Kier molecular flexibility index (Phi) is 25.3. The third-order valence-electron chi connectivity index (χ3n) is 17.1. The first-order valence-electron chi connectivity index (χ1n) is 32.7. The number of nitrogens with one attached hydrogen (secondary N) is 3. The molecule has 3 aromatic heterocycles. The molecule has 2 aliphatic heterocycles. The van der Waals surface area contributed by atoms with Crippen molar-refractivity contribution in [3.63, 3.8) is 0 Å². The number of aromatic nitrogens is 4. The maximum atomic E-state index is 14.5. The van der Waals surface area contributed by atoms with Crippen molar-refractivity contribution in [3.8, 4) is 56.1 Å². The highest BCUT2D eigenvalue weighted by molar-refractivity contribution is 7.47. The molecule has 0 radical (unpaired) electrons. The second-order valence-corrected chi connectivity index (χ2v) is 27.7. The number of carboxylic acids is 1. The molecule has 30 heteroatoms. The lowest BCUT2D eigenvalue weighted by atomic mass is 9.96. The molecule has 5 heterocycles. The number of carbonyl (C=O) groups excluding carboxylic acids is 5. The van der Waals surface area contributed by atoms with Crippen LogP contribution in [0.2, 0.25) is 5.02 Å². The van der Waals surface area contributed by atoms with Crippen molar-refractivity contribution in [2.24, 2.45) is 5.92 Å². The van der Waals surface area contributed by atoms with E-state index in [4.69, 9.17) is 49.3 Å². The van der Waals surface area contributed by atoms with Crippen molar-refractivity contribution in [1.82, 2.24) is 40.4 Å². The molecule has 1 unspecified atom stereocenters. The van der Waals surface area contributed by atoms with Gasteiger partial charge in [-0.25, -0.2) is 38.2 Å². The molecule has 5 N–H and O–H groups in total. The summed E-state index contributed by atoms with van der Waals surface area (Å²) in [6.07, 6.45) is 3.62. The van der Waals surface area contributed by atoms with E-state index in [1.165, 1.54) is 48.9 Å². The van der Waals surface area contributed by atoms with Gasteiger partial charge in [-0.15, -0.1) is 11.3 Å². The van der Waals surface area contributed by atoms with Gasteiger partial charge in [-0.1, -0.05) is 86.1 Å². The van der Waals surface area contributed by atoms with Crippen LogP contribution in [0, 0.1) is 18.7 Å². The minimum atomic E-state index is -4.53. The van der Waals surface area contributed by atoms with Crippen LogP contribution >= 0.6 is 30.8 Å². The van der Waals surface area contributed by atoms with Crippen LogP contribution < -0.4 is 34.9 Å². The second-order valence-electron chi connectivity index (χ2n) is 24.8. The SMILES string of the molecule is COc1ccccc1-c1nccc(COc2ccccc2C[C@@H](Oc2ncnc3sc(-c4ccc(F)cc4)c(-c4ccc(OCCN5CC[N+](C)(COP(=O)(O)OCc6ccc(NC(=O)[C@H](C)NC(=O)[C@@H](NC(=O)CCOCCN7C(=O)C=CC7=O)C(C)C)cc6)CC5)c(Cl)c4C)c23)C(=O)O)n1. The molecule has 26 nitrogen and oxygen atoms in total. The predicted molar refractivity (Wildman–Crippen MR) is 378 cm³/mol. The Labute approximate surface area is 596 Å². The van der Waals surface area contributed by atoms with E-state index < -0.39 is 67.3 Å². The van der Waals surface area contributed by atoms with Gasteiger partial charge in [-0.3, -0.25) is 38.3 Å². The van der Waals surface area contributed by atoms with Crippen LogP contribution in [0.5, 0.6) is 23.1 Å². The highest BCUT2D eigenvalue weighted by atomic mass is 35.5. The number of thiophene rings is 1. The van der Waals surface area contributed by atoms with Crippen molar-refractivity contribution in [1.29, 1.82) is 0 Å². The summed E-state index contributed by atoms with van der Waals surface area (Å²) in [6, 6.07) is 30.2. The number of phosphoric ester groups is 1. The highest BCUT2D eigenvalue weighted by Crippen LogP contribution is 2.50. The number of ether oxygens (including phenoxy) is 5. The Morgan fingerprint density at radius 2 is 1.50 bits per heavy atom. The number of anilines is 1. The molecule has 0 spiro atoms. The normalized spacial score (nSPS) is 15.2. The molecule has 536 valence electrons. The zero-order valence-corrected chi connectivity index (χ0v) is 59.3. The van der Waals surface area contributed by atoms with Gasteiger partial charge in [0.25, 0.3) is 11.8 Å². The Balaban J connectivity index is 0.693. The van der Waals surface area contributed by atoms with Gasteiger partial charge in [0.15, 0.2) is 12.6 Å². The van der Waals surface area contributed by atoms with Crippen LogP contribution in [0.25, 0.3) is 43.2 Å². The second kappa shape index (κ2) is 34.4. The monoisotopic (exact) mass is 1460 g/mol. The van der Waals surface area contributed by atoms with E-state index in [0.717, 1.165) is 4.90 Å². The maximum absolute atomic E-state index is 14.5. The number of piperazine rings is 1. The highest BCUT2D eigenvalue weighted by Gasteiger charge is 2.35. The van der Waals surface area contributed by atoms with E-state index in [0.29, 0.717) is 131 Å². The van der Waals surface area contributed by atoms with Crippen LogP contribution in [-0.2, 0) is 66.8 Å². The van der Waals surface area contributed by atoms with E-state index in [-0.39, 0.29) is 70.9 Å². The summed E-state index contributed by atoms with van der Waals surface area (Å²) in [5, 5.41) is 19.6. The number of methoxy groups -OCH3 is 1. The first kappa shape index (κ1) is 75.1. The first-order valence-corrected chi connectivity index (χ1v) is 35.4. The smallest absolute Gasteiger partial charge is 0.476 e. The number of nitrogens with zero attached hydrogens (tertiary/aromatic N) is 7. The standard InChI is InChI=1S/C72H77ClFN10O16PS/c1-44(2)65(81-59(85)28-36-95-37-33-83-60(86)25-26-61(83)87)69(89)78-46(4)68(88)80-51-21-15-47(16-22-51)40-98-101(92,93)99-43-84(5)34-30-82(31-35-84)32-38-96-57-24-23-53(45(3)64(57)73)62-63-70(76-42-77-71(63)102-66(62)48-17-19-50(74)20-18-48)100-58(72(90)91)39-49-11-7-9-13-55(49)97-41-52-27-29-75-67(79-52)54-12-8-10-14-56(54)94-6/h7-27,29,42,44,46,58,65H,28,30-41,43H2,1-6H3,(H4-,78,80,81,85,88,89,90,91,92,93)/p+1/t46-,58+,65-/m0/s1. The number of hydrogen-bond donors (Lipinski definition) is 5. The van der Waals surface area contributed by atoms with E-state index >= 15 is 0 Å². The fourth-order valence-corrected chi connectivity index (χ4v) is 13.4. The number of carbonyl (C=O) groups is 6. The summed E-state index contributed by atoms with van der Waals surface area (Å²) in [7, 11) is -1.02. The van der Waals surface area contributed by atoms with Gasteiger partial charge in [0.1, 0.15) is 59.5 Å². The average Bonchev–Trinajstić information content (AvgIpc) is 1.58. The van der Waals surface area contributed by atoms with Crippen LogP contribution in [-0.4, -0.2) is 178 Å². The molecule has 8 aromatic rings. The fraction of sp³-hybridized carbons (Fsp3) is 0.333. The minimum Gasteiger partial charge on any atom is -0.496 e. The summed E-state index contributed by atoms with van der Waals surface area (Å²) in [6.45, 7) is 9.76. The molecule has 5 aromatic carbocycles. The number of aliphatic carboxylic acids is 1. The molecule has 5 amide bonds. The topological polar surface area (TPSA) is 319 Å². The van der Waals surface area contributed by atoms with Crippen LogP contribution in [0.15, 0.2) is 140 Å². The van der Waals surface area contributed by atoms with E-state index in [2.05, 4.69) is 35.8 Å². The van der Waals surface area contributed by atoms with Crippen molar-refractivity contribution < 1.29 is 84.9 Å². The third kappa shape index (κ3) is 19.5. The zero-order chi connectivity index (χ0) is 72.7. The number of amides is 5. The van der Waals surface area contributed by atoms with Crippen molar-refractivity contribution >= 4 is 82.2 Å². The van der Waals surface area contributed by atoms with Crippen LogP contribution in [0.1, 0.15) is 49.6 Å². The predicted octanol–water partition coefficient (Wildman–Crippen LogP) is 9.59.